The summed E-state index contributed by atoms with van der Waals surface area (Å²) < 4.78 is 10.7. The second-order valence-corrected chi connectivity index (χ2v) is 8.28. The molecule has 4 rings (SSSR count). The Balaban J connectivity index is 1.30. The number of amides is 4. The van der Waals surface area contributed by atoms with Gasteiger partial charge in [-0.25, -0.2) is 4.79 Å². The van der Waals surface area contributed by atoms with Gasteiger partial charge in [-0.2, -0.15) is 5.01 Å². The lowest BCUT2D eigenvalue weighted by Gasteiger charge is -2.22. The number of hydrogen-bond acceptors (Lipinski definition) is 6. The minimum Gasteiger partial charge on any atom is -0.454 e. The van der Waals surface area contributed by atoms with Crippen molar-refractivity contribution < 1.29 is 23.9 Å². The standard InChI is InChI=1S/C23H26N4O5/c1-23(11-10-16-6-4-3-5-7-16)21(29)27(22(30)24-23)25-20(28)14-26(2)13-17-8-9-18-19(12-17)32-15-31-18/h3-9,12H,10-11,13-15H2,1-2H3,(H,24,30)(H,25,28). The number of likely N-dealkylation sites (N-methyl/N-ethyl adjacent to an activating group) is 1. The molecule has 0 radical (unpaired) electrons. The fourth-order valence-electron chi connectivity index (χ4n) is 3.81. The van der Waals surface area contributed by atoms with Crippen LogP contribution in [0, 0.1) is 0 Å². The number of aryl methyl sites for hydroxylation is 1. The number of carbonyl (C=O) groups is 3. The van der Waals surface area contributed by atoms with Crippen molar-refractivity contribution in [2.75, 3.05) is 20.4 Å². The minimum absolute atomic E-state index is 0.00618. The van der Waals surface area contributed by atoms with Gasteiger partial charge in [-0.3, -0.25) is 19.9 Å². The highest BCUT2D eigenvalue weighted by molar-refractivity contribution is 6.07. The molecule has 0 saturated carbocycles. The summed E-state index contributed by atoms with van der Waals surface area (Å²) in [6.45, 7) is 2.37. The molecule has 9 heteroatoms. The Bertz CT molecular complexity index is 1030. The molecule has 1 saturated heterocycles. The summed E-state index contributed by atoms with van der Waals surface area (Å²) in [5.74, 6) is 0.451. The third-order valence-electron chi connectivity index (χ3n) is 5.56. The number of rotatable bonds is 8. The Hall–Kier alpha value is -3.59. The molecule has 0 aromatic heterocycles. The Morgan fingerprint density at radius 3 is 2.66 bits per heavy atom. The van der Waals surface area contributed by atoms with Gasteiger partial charge in [0, 0.05) is 6.54 Å². The Labute approximate surface area is 186 Å². The maximum absolute atomic E-state index is 12.9. The SMILES string of the molecule is CN(CC(=O)NN1C(=O)NC(C)(CCc2ccccc2)C1=O)Cc1ccc2c(c1)OCO2. The van der Waals surface area contributed by atoms with Crippen molar-refractivity contribution in [2.45, 2.75) is 31.8 Å². The van der Waals surface area contributed by atoms with E-state index in [1.54, 1.807) is 18.9 Å². The molecule has 0 aliphatic carbocycles. The van der Waals surface area contributed by atoms with Crippen LogP contribution in [-0.4, -0.2) is 53.7 Å². The summed E-state index contributed by atoms with van der Waals surface area (Å²) in [5.41, 5.74) is 3.39. The highest BCUT2D eigenvalue weighted by atomic mass is 16.7. The average Bonchev–Trinajstić information content (AvgIpc) is 3.31. The van der Waals surface area contributed by atoms with Crippen LogP contribution in [0.1, 0.15) is 24.5 Å². The molecule has 2 heterocycles. The van der Waals surface area contributed by atoms with E-state index < -0.39 is 23.4 Å². The summed E-state index contributed by atoms with van der Waals surface area (Å²) in [4.78, 5) is 39.5. The second-order valence-electron chi connectivity index (χ2n) is 8.28. The predicted octanol–water partition coefficient (Wildman–Crippen LogP) is 1.82. The number of hydrazine groups is 1. The largest absolute Gasteiger partial charge is 0.454 e. The topological polar surface area (TPSA) is 100 Å². The molecule has 1 atom stereocenters. The molecular weight excluding hydrogens is 412 g/mol. The van der Waals surface area contributed by atoms with E-state index in [1.807, 2.05) is 48.5 Å². The third kappa shape index (κ3) is 4.67. The van der Waals surface area contributed by atoms with E-state index in [1.165, 1.54) is 0 Å². The lowest BCUT2D eigenvalue weighted by molar-refractivity contribution is -0.139. The lowest BCUT2D eigenvalue weighted by atomic mass is 9.93. The molecule has 1 fully saturated rings. The Kier molecular flexibility index (Phi) is 6.00. The predicted molar refractivity (Wildman–Crippen MR) is 116 cm³/mol. The van der Waals surface area contributed by atoms with Gasteiger partial charge in [0.2, 0.25) is 6.79 Å². The van der Waals surface area contributed by atoms with Crippen LogP contribution in [-0.2, 0) is 22.6 Å². The molecule has 9 nitrogen and oxygen atoms in total. The van der Waals surface area contributed by atoms with Crippen molar-refractivity contribution in [1.29, 1.82) is 0 Å². The van der Waals surface area contributed by atoms with Gasteiger partial charge in [0.1, 0.15) is 5.54 Å². The number of benzene rings is 2. The first-order chi connectivity index (χ1) is 15.3. The first kappa shape index (κ1) is 21.6. The second kappa shape index (κ2) is 8.88. The zero-order valence-corrected chi connectivity index (χ0v) is 18.1. The molecule has 2 aromatic rings. The maximum atomic E-state index is 12.9. The number of imide groups is 1. The summed E-state index contributed by atoms with van der Waals surface area (Å²) in [6, 6.07) is 14.7. The summed E-state index contributed by atoms with van der Waals surface area (Å²) in [7, 11) is 1.78. The number of nitrogens with zero attached hydrogens (tertiary/aromatic N) is 2. The van der Waals surface area contributed by atoms with Gasteiger partial charge < -0.3 is 14.8 Å². The number of ether oxygens (including phenoxy) is 2. The third-order valence-corrected chi connectivity index (χ3v) is 5.56. The molecule has 32 heavy (non-hydrogen) atoms. The van der Waals surface area contributed by atoms with E-state index in [-0.39, 0.29) is 13.3 Å². The monoisotopic (exact) mass is 438 g/mol. The van der Waals surface area contributed by atoms with Crippen LogP contribution in [0.15, 0.2) is 48.5 Å². The molecule has 0 bridgehead atoms. The number of urea groups is 1. The van der Waals surface area contributed by atoms with Crippen molar-refractivity contribution in [3.05, 3.63) is 59.7 Å². The fourth-order valence-corrected chi connectivity index (χ4v) is 3.81. The number of fused-ring (bicyclic) bond motifs is 1. The van der Waals surface area contributed by atoms with Crippen molar-refractivity contribution >= 4 is 17.8 Å². The van der Waals surface area contributed by atoms with Gasteiger partial charge in [-0.15, -0.1) is 0 Å². The molecule has 2 N–H and O–H groups in total. The van der Waals surface area contributed by atoms with E-state index in [0.717, 1.165) is 16.1 Å². The molecule has 1 unspecified atom stereocenters. The van der Waals surface area contributed by atoms with E-state index in [0.29, 0.717) is 30.9 Å². The zero-order chi connectivity index (χ0) is 22.7. The van der Waals surface area contributed by atoms with Gasteiger partial charge in [0.25, 0.3) is 11.8 Å². The van der Waals surface area contributed by atoms with Crippen molar-refractivity contribution in [2.24, 2.45) is 0 Å². The van der Waals surface area contributed by atoms with Gasteiger partial charge in [0.15, 0.2) is 11.5 Å². The smallest absolute Gasteiger partial charge is 0.344 e. The van der Waals surface area contributed by atoms with Crippen molar-refractivity contribution in [1.82, 2.24) is 20.7 Å². The van der Waals surface area contributed by atoms with Crippen molar-refractivity contribution in [3.8, 4) is 11.5 Å². The fraction of sp³-hybridized carbons (Fsp3) is 0.348. The Morgan fingerprint density at radius 1 is 1.12 bits per heavy atom. The van der Waals surface area contributed by atoms with E-state index in [2.05, 4.69) is 10.7 Å². The molecule has 4 amide bonds. The van der Waals surface area contributed by atoms with E-state index in [4.69, 9.17) is 9.47 Å². The van der Waals surface area contributed by atoms with Gasteiger partial charge in [-0.05, 0) is 50.1 Å². The Morgan fingerprint density at radius 2 is 1.88 bits per heavy atom. The van der Waals surface area contributed by atoms with E-state index >= 15 is 0 Å². The van der Waals surface area contributed by atoms with Gasteiger partial charge in [0.05, 0.1) is 6.54 Å². The normalized spacial score (nSPS) is 19.4. The molecule has 0 spiro atoms. The summed E-state index contributed by atoms with van der Waals surface area (Å²) in [5, 5.41) is 3.49. The number of nitrogens with one attached hydrogen (secondary N) is 2. The van der Waals surface area contributed by atoms with Crippen LogP contribution in [0.2, 0.25) is 0 Å². The highest BCUT2D eigenvalue weighted by Gasteiger charge is 2.48. The molecular formula is C23H26N4O5. The number of carbonyl (C=O) groups excluding carboxylic acids is 3. The van der Waals surface area contributed by atoms with Crippen molar-refractivity contribution in [3.63, 3.8) is 0 Å². The summed E-state index contributed by atoms with van der Waals surface area (Å²) in [6.07, 6.45) is 1.06. The number of hydrogen-bond donors (Lipinski definition) is 2. The zero-order valence-electron chi connectivity index (χ0n) is 18.1. The average molecular weight is 438 g/mol. The highest BCUT2D eigenvalue weighted by Crippen LogP contribution is 2.32. The van der Waals surface area contributed by atoms with Gasteiger partial charge in [-0.1, -0.05) is 36.4 Å². The first-order valence-corrected chi connectivity index (χ1v) is 10.4. The van der Waals surface area contributed by atoms with Crippen LogP contribution in [0.4, 0.5) is 4.79 Å². The van der Waals surface area contributed by atoms with Crippen LogP contribution in [0.25, 0.3) is 0 Å². The van der Waals surface area contributed by atoms with Crippen LogP contribution >= 0.6 is 0 Å². The first-order valence-electron chi connectivity index (χ1n) is 10.4. The van der Waals surface area contributed by atoms with E-state index in [9.17, 15) is 14.4 Å². The molecule has 2 aliphatic rings. The van der Waals surface area contributed by atoms with Crippen LogP contribution < -0.4 is 20.2 Å². The van der Waals surface area contributed by atoms with Gasteiger partial charge >= 0.3 is 6.03 Å². The summed E-state index contributed by atoms with van der Waals surface area (Å²) >= 11 is 0. The van der Waals surface area contributed by atoms with Crippen LogP contribution in [0.3, 0.4) is 0 Å². The molecule has 2 aromatic carbocycles. The quantitative estimate of drug-likeness (QED) is 0.610. The lowest BCUT2D eigenvalue weighted by Crippen LogP contribution is -2.51. The minimum atomic E-state index is -1.07. The molecule has 168 valence electrons. The van der Waals surface area contributed by atoms with Crippen LogP contribution in [0.5, 0.6) is 11.5 Å². The molecule has 2 aliphatic heterocycles. The maximum Gasteiger partial charge on any atom is 0.344 e.